The number of carboxylic acid groups (broad SMARTS) is 1. The summed E-state index contributed by atoms with van der Waals surface area (Å²) in [7, 11) is 0. The van der Waals surface area contributed by atoms with Crippen LogP contribution in [0.15, 0.2) is 24.3 Å². The summed E-state index contributed by atoms with van der Waals surface area (Å²) in [6.45, 7) is 8.20. The van der Waals surface area contributed by atoms with Crippen molar-refractivity contribution in [1.82, 2.24) is 15.0 Å². The Hall–Kier alpha value is -2.93. The molecule has 1 aromatic carbocycles. The van der Waals surface area contributed by atoms with Gasteiger partial charge in [0.15, 0.2) is 0 Å². The van der Waals surface area contributed by atoms with Gasteiger partial charge < -0.3 is 21.1 Å². The molecule has 5 N–H and O–H groups in total. The molecule has 0 aliphatic rings. The van der Waals surface area contributed by atoms with Gasteiger partial charge in [-0.05, 0) is 39.8 Å². The highest BCUT2D eigenvalue weighted by atomic mass is 16.4. The molecule has 0 saturated heterocycles. The standard InChI is InChI=1S/C19H23N5O2/c1-10-17(24-19(2,3)4)23-16-11(6-5-7-13(16)21-10)14-8-12(18(25)26)15(9-20)22-14/h5-8,22H,9,20H2,1-4H3,(H,23,24)(H,25,26). The normalized spacial score (nSPS) is 11.7. The first kappa shape index (κ1) is 17.9. The van der Waals surface area contributed by atoms with Gasteiger partial charge in [-0.1, -0.05) is 12.1 Å². The second-order valence-corrected chi connectivity index (χ2v) is 7.29. The van der Waals surface area contributed by atoms with Gasteiger partial charge in [0, 0.05) is 29.0 Å². The number of hydrogen-bond donors (Lipinski definition) is 4. The van der Waals surface area contributed by atoms with Crippen LogP contribution in [0.2, 0.25) is 0 Å². The van der Waals surface area contributed by atoms with E-state index in [1.54, 1.807) is 6.07 Å². The van der Waals surface area contributed by atoms with Crippen LogP contribution in [0.4, 0.5) is 5.82 Å². The van der Waals surface area contributed by atoms with Gasteiger partial charge in [0.05, 0.1) is 16.8 Å². The SMILES string of the molecule is Cc1nc2cccc(-c3cc(C(=O)O)c(CN)[nH]3)c2nc1NC(C)(C)C. The molecule has 0 unspecified atom stereocenters. The largest absolute Gasteiger partial charge is 0.478 e. The van der Waals surface area contributed by atoms with E-state index in [1.165, 1.54) is 0 Å². The Kier molecular flexibility index (Phi) is 4.41. The maximum atomic E-state index is 11.4. The predicted octanol–water partition coefficient (Wildman–Crippen LogP) is 3.30. The highest BCUT2D eigenvalue weighted by molar-refractivity contribution is 5.95. The van der Waals surface area contributed by atoms with Gasteiger partial charge in [-0.25, -0.2) is 14.8 Å². The number of nitrogens with two attached hydrogens (primary N) is 1. The Morgan fingerprint density at radius 1 is 1.31 bits per heavy atom. The number of hydrogen-bond acceptors (Lipinski definition) is 5. The van der Waals surface area contributed by atoms with Crippen molar-refractivity contribution in [3.63, 3.8) is 0 Å². The van der Waals surface area contributed by atoms with Crippen LogP contribution in [0, 0.1) is 6.92 Å². The number of carbonyl (C=O) groups is 1. The third-order valence-electron chi connectivity index (χ3n) is 3.99. The molecule has 0 amide bonds. The summed E-state index contributed by atoms with van der Waals surface area (Å²) in [5.41, 5.74) is 9.88. The zero-order valence-corrected chi connectivity index (χ0v) is 15.3. The lowest BCUT2D eigenvalue weighted by Crippen LogP contribution is -2.27. The molecule has 0 aliphatic heterocycles. The molecular weight excluding hydrogens is 330 g/mol. The summed E-state index contributed by atoms with van der Waals surface area (Å²) < 4.78 is 0. The Bertz CT molecular complexity index is 985. The van der Waals surface area contributed by atoms with Crippen molar-refractivity contribution in [1.29, 1.82) is 0 Å². The van der Waals surface area contributed by atoms with Crippen LogP contribution in [0.3, 0.4) is 0 Å². The van der Waals surface area contributed by atoms with Crippen LogP contribution >= 0.6 is 0 Å². The summed E-state index contributed by atoms with van der Waals surface area (Å²) in [5.74, 6) is -0.299. The minimum atomic E-state index is -1.01. The smallest absolute Gasteiger partial charge is 0.337 e. The van der Waals surface area contributed by atoms with Crippen LogP contribution in [0.1, 0.15) is 42.5 Å². The zero-order chi connectivity index (χ0) is 19.1. The molecule has 0 bridgehead atoms. The van der Waals surface area contributed by atoms with Crippen molar-refractivity contribution in [2.45, 2.75) is 39.8 Å². The van der Waals surface area contributed by atoms with Crippen molar-refractivity contribution >= 4 is 22.8 Å². The lowest BCUT2D eigenvalue weighted by atomic mass is 10.1. The molecule has 2 aromatic heterocycles. The van der Waals surface area contributed by atoms with E-state index in [0.29, 0.717) is 22.7 Å². The van der Waals surface area contributed by atoms with Gasteiger partial charge in [0.1, 0.15) is 11.3 Å². The number of aromatic amines is 1. The fourth-order valence-corrected chi connectivity index (χ4v) is 2.85. The first-order valence-electron chi connectivity index (χ1n) is 8.41. The number of benzene rings is 1. The van der Waals surface area contributed by atoms with Gasteiger partial charge >= 0.3 is 5.97 Å². The Labute approximate surface area is 151 Å². The number of nitrogens with one attached hydrogen (secondary N) is 2. The maximum absolute atomic E-state index is 11.4. The zero-order valence-electron chi connectivity index (χ0n) is 15.3. The second-order valence-electron chi connectivity index (χ2n) is 7.29. The van der Waals surface area contributed by atoms with Crippen molar-refractivity contribution in [2.24, 2.45) is 5.73 Å². The van der Waals surface area contributed by atoms with Gasteiger partial charge in [0.25, 0.3) is 0 Å². The molecule has 136 valence electrons. The number of aromatic carboxylic acids is 1. The fourth-order valence-electron chi connectivity index (χ4n) is 2.85. The summed E-state index contributed by atoms with van der Waals surface area (Å²) in [6, 6.07) is 7.26. The molecule has 0 radical (unpaired) electrons. The minimum absolute atomic E-state index is 0.119. The van der Waals surface area contributed by atoms with Crippen molar-refractivity contribution in [2.75, 3.05) is 5.32 Å². The molecular formula is C19H23N5O2. The fraction of sp³-hybridized carbons (Fsp3) is 0.316. The first-order chi connectivity index (χ1) is 12.2. The second kappa shape index (κ2) is 6.42. The molecule has 0 atom stereocenters. The molecule has 0 fully saturated rings. The highest BCUT2D eigenvalue weighted by Crippen LogP contribution is 2.30. The molecule has 2 heterocycles. The summed E-state index contributed by atoms with van der Waals surface area (Å²) in [4.78, 5) is 24.0. The molecule has 3 rings (SSSR count). The quantitative estimate of drug-likeness (QED) is 0.572. The van der Waals surface area contributed by atoms with E-state index >= 15 is 0 Å². The van der Waals surface area contributed by atoms with Crippen LogP contribution in [-0.2, 0) is 6.54 Å². The van der Waals surface area contributed by atoms with Gasteiger partial charge in [-0.15, -0.1) is 0 Å². The highest BCUT2D eigenvalue weighted by Gasteiger charge is 2.18. The van der Waals surface area contributed by atoms with E-state index in [9.17, 15) is 9.90 Å². The Balaban J connectivity index is 2.20. The number of H-pyrrole nitrogens is 1. The van der Waals surface area contributed by atoms with Crippen LogP contribution < -0.4 is 11.1 Å². The van der Waals surface area contributed by atoms with E-state index in [2.05, 4.69) is 36.1 Å². The lowest BCUT2D eigenvalue weighted by molar-refractivity contribution is 0.0696. The predicted molar refractivity (Wildman–Crippen MR) is 102 cm³/mol. The average Bonchev–Trinajstić information content (AvgIpc) is 2.98. The minimum Gasteiger partial charge on any atom is -0.478 e. The number of aryl methyl sites for hydroxylation is 1. The number of anilines is 1. The Morgan fingerprint density at radius 3 is 2.62 bits per heavy atom. The monoisotopic (exact) mass is 353 g/mol. The number of aromatic nitrogens is 3. The van der Waals surface area contributed by atoms with Crippen LogP contribution in [-0.4, -0.2) is 31.6 Å². The van der Waals surface area contributed by atoms with Crippen LogP contribution in [0.5, 0.6) is 0 Å². The number of rotatable bonds is 4. The third kappa shape index (κ3) is 3.39. The summed E-state index contributed by atoms with van der Waals surface area (Å²) in [5, 5.41) is 12.7. The number of fused-ring (bicyclic) bond motifs is 1. The summed E-state index contributed by atoms with van der Waals surface area (Å²) >= 11 is 0. The molecule has 7 nitrogen and oxygen atoms in total. The number of carboxylic acids is 1. The van der Waals surface area contributed by atoms with Crippen molar-refractivity contribution in [3.8, 4) is 11.3 Å². The molecule has 26 heavy (non-hydrogen) atoms. The van der Waals surface area contributed by atoms with E-state index in [0.717, 1.165) is 16.8 Å². The molecule has 0 aliphatic carbocycles. The molecule has 0 spiro atoms. The molecule has 7 heteroatoms. The van der Waals surface area contributed by atoms with E-state index in [-0.39, 0.29) is 17.6 Å². The molecule has 3 aromatic rings. The summed E-state index contributed by atoms with van der Waals surface area (Å²) in [6.07, 6.45) is 0. The van der Waals surface area contributed by atoms with Crippen molar-refractivity contribution in [3.05, 3.63) is 41.2 Å². The van der Waals surface area contributed by atoms with Crippen LogP contribution in [0.25, 0.3) is 22.3 Å². The third-order valence-corrected chi connectivity index (χ3v) is 3.99. The van der Waals surface area contributed by atoms with E-state index in [4.69, 9.17) is 10.7 Å². The maximum Gasteiger partial charge on any atom is 0.337 e. The van der Waals surface area contributed by atoms with Gasteiger partial charge in [0.2, 0.25) is 0 Å². The topological polar surface area (TPSA) is 117 Å². The van der Waals surface area contributed by atoms with Crippen molar-refractivity contribution < 1.29 is 9.90 Å². The molecule has 0 saturated carbocycles. The average molecular weight is 353 g/mol. The number of para-hydroxylation sites is 1. The number of nitrogens with zero attached hydrogens (tertiary/aromatic N) is 2. The van der Waals surface area contributed by atoms with E-state index < -0.39 is 5.97 Å². The van der Waals surface area contributed by atoms with Gasteiger partial charge in [-0.2, -0.15) is 0 Å². The van der Waals surface area contributed by atoms with Gasteiger partial charge in [-0.3, -0.25) is 0 Å². The Morgan fingerprint density at radius 2 is 2.04 bits per heavy atom. The lowest BCUT2D eigenvalue weighted by Gasteiger charge is -2.22. The first-order valence-corrected chi connectivity index (χ1v) is 8.41. The van der Waals surface area contributed by atoms with E-state index in [1.807, 2.05) is 25.1 Å².